The van der Waals surface area contributed by atoms with Crippen LogP contribution >= 0.6 is 27.7 Å². The molecule has 0 aliphatic rings. The molecule has 1 N–H and O–H groups in total. The molecule has 2 aromatic rings. The standard InChI is InChI=1S/C11H10BrNS/c1-8(12)7-14-11-6-9-4-2-3-5-10(9)13-11/h2-6,13H,1,7H2. The fraction of sp³-hybridized carbons (Fsp3) is 0.0909. The first-order chi connectivity index (χ1) is 6.75. The molecule has 0 bridgehead atoms. The second-order valence-electron chi connectivity index (χ2n) is 3.03. The lowest BCUT2D eigenvalue weighted by atomic mass is 10.3. The Bertz CT molecular complexity index is 428. The molecule has 14 heavy (non-hydrogen) atoms. The second kappa shape index (κ2) is 4.24. The zero-order chi connectivity index (χ0) is 9.97. The summed E-state index contributed by atoms with van der Waals surface area (Å²) in [7, 11) is 0. The van der Waals surface area contributed by atoms with E-state index in [9.17, 15) is 0 Å². The lowest BCUT2D eigenvalue weighted by Gasteiger charge is -1.94. The van der Waals surface area contributed by atoms with E-state index in [0.29, 0.717) is 0 Å². The number of rotatable bonds is 3. The molecular formula is C11H10BrNS. The number of aromatic nitrogens is 1. The van der Waals surface area contributed by atoms with E-state index in [1.165, 1.54) is 15.9 Å². The van der Waals surface area contributed by atoms with Crippen molar-refractivity contribution in [3.63, 3.8) is 0 Å². The molecule has 1 aromatic carbocycles. The molecule has 72 valence electrons. The summed E-state index contributed by atoms with van der Waals surface area (Å²) in [5.41, 5.74) is 1.19. The van der Waals surface area contributed by atoms with Gasteiger partial charge in [-0.15, -0.1) is 11.8 Å². The van der Waals surface area contributed by atoms with Crippen LogP contribution in [0.25, 0.3) is 10.9 Å². The zero-order valence-electron chi connectivity index (χ0n) is 7.59. The van der Waals surface area contributed by atoms with E-state index in [1.807, 2.05) is 12.1 Å². The molecule has 2 rings (SSSR count). The largest absolute Gasteiger partial charge is 0.350 e. The molecular weight excluding hydrogens is 258 g/mol. The summed E-state index contributed by atoms with van der Waals surface area (Å²) < 4.78 is 1.01. The highest BCUT2D eigenvalue weighted by molar-refractivity contribution is 9.11. The minimum atomic E-state index is 0.896. The summed E-state index contributed by atoms with van der Waals surface area (Å²) in [4.78, 5) is 3.35. The molecule has 0 saturated carbocycles. The SMILES string of the molecule is C=C(Br)CSc1cc2ccccc2[nH]1. The lowest BCUT2D eigenvalue weighted by Crippen LogP contribution is -1.75. The summed E-state index contributed by atoms with van der Waals surface area (Å²) in [5.74, 6) is 0.896. The Morgan fingerprint density at radius 2 is 2.21 bits per heavy atom. The predicted octanol–water partition coefficient (Wildman–Crippen LogP) is 4.17. The Balaban J connectivity index is 2.22. The Labute approximate surface area is 95.7 Å². The van der Waals surface area contributed by atoms with E-state index in [2.05, 4.69) is 45.7 Å². The van der Waals surface area contributed by atoms with Gasteiger partial charge in [0.1, 0.15) is 0 Å². The predicted molar refractivity (Wildman–Crippen MR) is 67.1 cm³/mol. The normalized spacial score (nSPS) is 10.6. The van der Waals surface area contributed by atoms with Crippen molar-refractivity contribution < 1.29 is 0 Å². The number of benzene rings is 1. The molecule has 0 amide bonds. The van der Waals surface area contributed by atoms with Crippen LogP contribution in [-0.2, 0) is 0 Å². The van der Waals surface area contributed by atoms with Crippen molar-refractivity contribution in [1.29, 1.82) is 0 Å². The summed E-state index contributed by atoms with van der Waals surface area (Å²) in [5, 5.41) is 2.45. The minimum absolute atomic E-state index is 0.896. The van der Waals surface area contributed by atoms with Gasteiger partial charge in [-0.2, -0.15) is 0 Å². The molecule has 0 aliphatic heterocycles. The van der Waals surface area contributed by atoms with Crippen molar-refractivity contribution in [1.82, 2.24) is 4.98 Å². The number of hydrogen-bond acceptors (Lipinski definition) is 1. The molecule has 0 radical (unpaired) electrons. The van der Waals surface area contributed by atoms with Crippen LogP contribution in [-0.4, -0.2) is 10.7 Å². The van der Waals surface area contributed by atoms with Crippen LogP contribution < -0.4 is 0 Å². The van der Waals surface area contributed by atoms with Crippen molar-refractivity contribution in [3.8, 4) is 0 Å². The topological polar surface area (TPSA) is 15.8 Å². The first-order valence-electron chi connectivity index (χ1n) is 4.29. The van der Waals surface area contributed by atoms with Gasteiger partial charge in [0.2, 0.25) is 0 Å². The van der Waals surface area contributed by atoms with Crippen molar-refractivity contribution in [3.05, 3.63) is 41.4 Å². The molecule has 0 aliphatic carbocycles. The molecule has 0 saturated heterocycles. The minimum Gasteiger partial charge on any atom is -0.350 e. The Morgan fingerprint density at radius 3 is 2.93 bits per heavy atom. The number of hydrogen-bond donors (Lipinski definition) is 1. The molecule has 0 fully saturated rings. The van der Waals surface area contributed by atoms with Gasteiger partial charge in [-0.3, -0.25) is 0 Å². The van der Waals surface area contributed by atoms with Crippen molar-refractivity contribution in [2.75, 3.05) is 5.75 Å². The molecule has 0 spiro atoms. The van der Waals surface area contributed by atoms with Crippen LogP contribution in [0.15, 0.2) is 46.4 Å². The smallest absolute Gasteiger partial charge is 0.0735 e. The number of nitrogens with one attached hydrogen (secondary N) is 1. The Hall–Kier alpha value is -0.670. The maximum absolute atomic E-state index is 3.81. The van der Waals surface area contributed by atoms with Gasteiger partial charge in [-0.25, -0.2) is 0 Å². The third-order valence-corrected chi connectivity index (χ3v) is 3.56. The van der Waals surface area contributed by atoms with E-state index in [0.717, 1.165) is 10.2 Å². The third-order valence-electron chi connectivity index (χ3n) is 1.89. The number of fused-ring (bicyclic) bond motifs is 1. The zero-order valence-corrected chi connectivity index (χ0v) is 9.99. The lowest BCUT2D eigenvalue weighted by molar-refractivity contribution is 1.24. The van der Waals surface area contributed by atoms with Gasteiger partial charge in [0.25, 0.3) is 0 Å². The van der Waals surface area contributed by atoms with Gasteiger partial charge in [-0.05, 0) is 16.6 Å². The Morgan fingerprint density at radius 1 is 1.43 bits per heavy atom. The highest BCUT2D eigenvalue weighted by Crippen LogP contribution is 2.25. The number of thioether (sulfide) groups is 1. The first kappa shape index (κ1) is 9.87. The highest BCUT2D eigenvalue weighted by atomic mass is 79.9. The van der Waals surface area contributed by atoms with Gasteiger partial charge in [-0.1, -0.05) is 40.7 Å². The molecule has 1 aromatic heterocycles. The maximum atomic E-state index is 3.81. The maximum Gasteiger partial charge on any atom is 0.0735 e. The van der Waals surface area contributed by atoms with E-state index >= 15 is 0 Å². The quantitative estimate of drug-likeness (QED) is 0.826. The second-order valence-corrected chi connectivity index (χ2v) is 5.17. The van der Waals surface area contributed by atoms with Gasteiger partial charge in [0.15, 0.2) is 0 Å². The van der Waals surface area contributed by atoms with Crippen LogP contribution in [0.5, 0.6) is 0 Å². The highest BCUT2D eigenvalue weighted by Gasteiger charge is 2.00. The van der Waals surface area contributed by atoms with Crippen LogP contribution in [0.4, 0.5) is 0 Å². The summed E-state index contributed by atoms with van der Waals surface area (Å²) in [6.45, 7) is 3.81. The van der Waals surface area contributed by atoms with E-state index in [4.69, 9.17) is 0 Å². The molecule has 0 unspecified atom stereocenters. The number of aromatic amines is 1. The van der Waals surface area contributed by atoms with E-state index in [1.54, 1.807) is 11.8 Å². The monoisotopic (exact) mass is 267 g/mol. The number of H-pyrrole nitrogens is 1. The van der Waals surface area contributed by atoms with Gasteiger partial charge < -0.3 is 4.98 Å². The number of para-hydroxylation sites is 1. The Kier molecular flexibility index (Phi) is 2.99. The fourth-order valence-electron chi connectivity index (χ4n) is 1.28. The number of halogens is 1. The van der Waals surface area contributed by atoms with Crippen molar-refractivity contribution in [2.24, 2.45) is 0 Å². The summed E-state index contributed by atoms with van der Waals surface area (Å²) in [6, 6.07) is 10.4. The van der Waals surface area contributed by atoms with E-state index < -0.39 is 0 Å². The van der Waals surface area contributed by atoms with Crippen LogP contribution in [0.3, 0.4) is 0 Å². The van der Waals surface area contributed by atoms with Crippen molar-refractivity contribution in [2.45, 2.75) is 5.03 Å². The summed E-state index contributed by atoms with van der Waals surface area (Å²) >= 11 is 5.10. The van der Waals surface area contributed by atoms with Gasteiger partial charge in [0.05, 0.1) is 5.03 Å². The van der Waals surface area contributed by atoms with Gasteiger partial charge in [0, 0.05) is 16.7 Å². The van der Waals surface area contributed by atoms with E-state index in [-0.39, 0.29) is 0 Å². The average Bonchev–Trinajstić information content (AvgIpc) is 2.57. The van der Waals surface area contributed by atoms with Crippen LogP contribution in [0.1, 0.15) is 0 Å². The molecule has 1 heterocycles. The average molecular weight is 268 g/mol. The van der Waals surface area contributed by atoms with Crippen molar-refractivity contribution >= 4 is 38.6 Å². The van der Waals surface area contributed by atoms with Crippen LogP contribution in [0, 0.1) is 0 Å². The van der Waals surface area contributed by atoms with Crippen LogP contribution in [0.2, 0.25) is 0 Å². The summed E-state index contributed by atoms with van der Waals surface area (Å²) in [6.07, 6.45) is 0. The fourth-order valence-corrected chi connectivity index (χ4v) is 2.33. The molecule has 1 nitrogen and oxygen atoms in total. The third kappa shape index (κ3) is 2.22. The molecule has 3 heteroatoms. The van der Waals surface area contributed by atoms with Gasteiger partial charge >= 0.3 is 0 Å². The first-order valence-corrected chi connectivity index (χ1v) is 6.07. The molecule has 0 atom stereocenters.